The van der Waals surface area contributed by atoms with Gasteiger partial charge in [0.15, 0.2) is 9.84 Å². The topological polar surface area (TPSA) is 73.0 Å². The van der Waals surface area contributed by atoms with Crippen molar-refractivity contribution >= 4 is 15.5 Å². The number of nitrogens with two attached hydrogens (primary N) is 1. The summed E-state index contributed by atoms with van der Waals surface area (Å²) in [6.07, 6.45) is 2.79. The number of anilines is 1. The number of nitrogen functional groups attached to an aromatic ring is 1. The predicted molar refractivity (Wildman–Crippen MR) is 55.5 cm³/mol. The van der Waals surface area contributed by atoms with Crippen molar-refractivity contribution in [3.8, 4) is 0 Å². The highest BCUT2D eigenvalue weighted by molar-refractivity contribution is 7.91. The van der Waals surface area contributed by atoms with Gasteiger partial charge in [-0.1, -0.05) is 13.8 Å². The third-order valence-electron chi connectivity index (χ3n) is 1.70. The molecule has 0 aliphatic rings. The molecule has 2 N–H and O–H groups in total. The molecule has 0 atom stereocenters. The summed E-state index contributed by atoms with van der Waals surface area (Å²) in [6, 6.07) is 1.44. The van der Waals surface area contributed by atoms with Crippen LogP contribution in [0.2, 0.25) is 0 Å². The molecule has 1 heterocycles. The number of hydrogen-bond acceptors (Lipinski definition) is 4. The Morgan fingerprint density at radius 2 is 2.14 bits per heavy atom. The van der Waals surface area contributed by atoms with Gasteiger partial charge in [-0.05, 0) is 12.0 Å². The van der Waals surface area contributed by atoms with Crippen LogP contribution in [-0.2, 0) is 9.84 Å². The molecule has 0 fully saturated rings. The van der Waals surface area contributed by atoms with E-state index >= 15 is 0 Å². The summed E-state index contributed by atoms with van der Waals surface area (Å²) < 4.78 is 23.5. The van der Waals surface area contributed by atoms with Gasteiger partial charge in [-0.15, -0.1) is 0 Å². The minimum Gasteiger partial charge on any atom is -0.396 e. The number of rotatable bonds is 3. The monoisotopic (exact) mass is 214 g/mol. The van der Waals surface area contributed by atoms with Crippen molar-refractivity contribution in [2.45, 2.75) is 18.7 Å². The van der Waals surface area contributed by atoms with Crippen LogP contribution in [-0.4, -0.2) is 19.2 Å². The number of aromatic nitrogens is 1. The molecule has 4 nitrogen and oxygen atoms in total. The summed E-state index contributed by atoms with van der Waals surface area (Å²) in [5.41, 5.74) is 5.76. The van der Waals surface area contributed by atoms with Gasteiger partial charge in [0.25, 0.3) is 0 Å². The van der Waals surface area contributed by atoms with E-state index in [1.54, 1.807) is 0 Å². The summed E-state index contributed by atoms with van der Waals surface area (Å²) in [6.45, 7) is 3.71. The minimum absolute atomic E-state index is 0.0903. The fraction of sp³-hybridized carbons (Fsp3) is 0.444. The summed E-state index contributed by atoms with van der Waals surface area (Å²) >= 11 is 0. The Morgan fingerprint density at radius 3 is 2.64 bits per heavy atom. The lowest BCUT2D eigenvalue weighted by molar-refractivity contribution is 0.582. The Hall–Kier alpha value is -1.10. The number of nitrogens with zero attached hydrogens (tertiary/aromatic N) is 1. The molecule has 78 valence electrons. The van der Waals surface area contributed by atoms with E-state index in [-0.39, 0.29) is 22.3 Å². The van der Waals surface area contributed by atoms with E-state index in [2.05, 4.69) is 4.98 Å². The van der Waals surface area contributed by atoms with E-state index in [0.717, 1.165) is 0 Å². The summed E-state index contributed by atoms with van der Waals surface area (Å²) in [5.74, 6) is 0.203. The van der Waals surface area contributed by atoms with Gasteiger partial charge in [0.05, 0.1) is 22.5 Å². The fourth-order valence-electron chi connectivity index (χ4n) is 1.21. The third kappa shape index (κ3) is 2.45. The van der Waals surface area contributed by atoms with E-state index in [0.29, 0.717) is 0 Å². The lowest BCUT2D eigenvalue weighted by Crippen LogP contribution is -2.13. The lowest BCUT2D eigenvalue weighted by atomic mass is 10.3. The van der Waals surface area contributed by atoms with E-state index < -0.39 is 9.84 Å². The van der Waals surface area contributed by atoms with Crippen LogP contribution < -0.4 is 5.73 Å². The van der Waals surface area contributed by atoms with Crippen molar-refractivity contribution < 1.29 is 8.42 Å². The van der Waals surface area contributed by atoms with Crippen molar-refractivity contribution in [1.29, 1.82) is 0 Å². The second-order valence-corrected chi connectivity index (χ2v) is 5.59. The van der Waals surface area contributed by atoms with Crippen molar-refractivity contribution in [2.24, 2.45) is 5.92 Å². The molecule has 0 saturated carbocycles. The van der Waals surface area contributed by atoms with E-state index in [9.17, 15) is 8.42 Å². The van der Waals surface area contributed by atoms with Gasteiger partial charge >= 0.3 is 0 Å². The third-order valence-corrected chi connectivity index (χ3v) is 3.85. The molecule has 0 spiro atoms. The summed E-state index contributed by atoms with van der Waals surface area (Å²) in [7, 11) is -3.26. The molecular formula is C9H14N2O2S. The highest BCUT2D eigenvalue weighted by Crippen LogP contribution is 2.19. The Morgan fingerprint density at radius 1 is 1.50 bits per heavy atom. The van der Waals surface area contributed by atoms with Crippen LogP contribution in [0.25, 0.3) is 0 Å². The molecule has 0 bridgehead atoms. The largest absolute Gasteiger partial charge is 0.396 e. The van der Waals surface area contributed by atoms with E-state index in [4.69, 9.17) is 5.73 Å². The predicted octanol–water partition coefficient (Wildman–Crippen LogP) is 1.09. The van der Waals surface area contributed by atoms with Gasteiger partial charge in [0.1, 0.15) is 0 Å². The standard InChI is InChI=1S/C9H14N2O2S/c1-7(2)6-14(12,13)9-3-4-11-5-8(9)10/h3-5,7H,6,10H2,1-2H3. The van der Waals surface area contributed by atoms with Crippen LogP contribution in [0.1, 0.15) is 13.8 Å². The number of pyridine rings is 1. The van der Waals surface area contributed by atoms with Gasteiger partial charge in [0.2, 0.25) is 0 Å². The van der Waals surface area contributed by atoms with Gasteiger partial charge in [0, 0.05) is 6.20 Å². The average Bonchev–Trinajstić information content (AvgIpc) is 2.02. The molecule has 1 aromatic heterocycles. The van der Waals surface area contributed by atoms with Gasteiger partial charge in [-0.25, -0.2) is 8.42 Å². The lowest BCUT2D eigenvalue weighted by Gasteiger charge is -2.08. The quantitative estimate of drug-likeness (QED) is 0.817. The molecule has 0 unspecified atom stereocenters. The average molecular weight is 214 g/mol. The Kier molecular flexibility index (Phi) is 3.10. The smallest absolute Gasteiger partial charge is 0.180 e. The molecule has 0 amide bonds. The Bertz CT molecular complexity index is 413. The van der Waals surface area contributed by atoms with Crippen molar-refractivity contribution in [3.63, 3.8) is 0 Å². The maximum absolute atomic E-state index is 11.8. The van der Waals surface area contributed by atoms with Crippen molar-refractivity contribution in [3.05, 3.63) is 18.5 Å². The first-order valence-electron chi connectivity index (χ1n) is 4.35. The SMILES string of the molecule is CC(C)CS(=O)(=O)c1ccncc1N. The van der Waals surface area contributed by atoms with Crippen LogP contribution in [0.4, 0.5) is 5.69 Å². The minimum atomic E-state index is -3.26. The van der Waals surface area contributed by atoms with E-state index in [1.807, 2.05) is 13.8 Å². The van der Waals surface area contributed by atoms with Gasteiger partial charge < -0.3 is 5.73 Å². The first kappa shape index (κ1) is 11.0. The van der Waals surface area contributed by atoms with Gasteiger partial charge in [-0.2, -0.15) is 0 Å². The zero-order valence-electron chi connectivity index (χ0n) is 8.27. The van der Waals surface area contributed by atoms with Gasteiger partial charge in [-0.3, -0.25) is 4.98 Å². The van der Waals surface area contributed by atoms with Crippen molar-refractivity contribution in [2.75, 3.05) is 11.5 Å². The number of hydrogen-bond donors (Lipinski definition) is 1. The van der Waals surface area contributed by atoms with Crippen LogP contribution >= 0.6 is 0 Å². The normalized spacial score (nSPS) is 11.9. The molecule has 0 aliphatic carbocycles. The second-order valence-electron chi connectivity index (χ2n) is 3.59. The summed E-state index contributed by atoms with van der Waals surface area (Å²) in [5, 5.41) is 0. The first-order chi connectivity index (χ1) is 6.43. The molecule has 14 heavy (non-hydrogen) atoms. The van der Waals surface area contributed by atoms with E-state index in [1.165, 1.54) is 18.5 Å². The van der Waals surface area contributed by atoms with Crippen LogP contribution in [0.15, 0.2) is 23.4 Å². The first-order valence-corrected chi connectivity index (χ1v) is 6.01. The molecule has 0 aliphatic heterocycles. The second kappa shape index (κ2) is 3.96. The zero-order chi connectivity index (χ0) is 10.8. The highest BCUT2D eigenvalue weighted by Gasteiger charge is 2.18. The highest BCUT2D eigenvalue weighted by atomic mass is 32.2. The number of sulfone groups is 1. The molecule has 0 aromatic carbocycles. The molecule has 0 saturated heterocycles. The van der Waals surface area contributed by atoms with Crippen LogP contribution in [0.3, 0.4) is 0 Å². The molecule has 0 radical (unpaired) electrons. The molecule has 5 heteroatoms. The maximum atomic E-state index is 11.8. The Labute approximate surface area is 84.1 Å². The van der Waals surface area contributed by atoms with Crippen LogP contribution in [0, 0.1) is 5.92 Å². The maximum Gasteiger partial charge on any atom is 0.180 e. The molecule has 1 rings (SSSR count). The van der Waals surface area contributed by atoms with Crippen LogP contribution in [0.5, 0.6) is 0 Å². The fourth-order valence-corrected chi connectivity index (χ4v) is 2.94. The Balaban J connectivity index is 3.11. The summed E-state index contributed by atoms with van der Waals surface area (Å²) in [4.78, 5) is 3.93. The van der Waals surface area contributed by atoms with Crippen molar-refractivity contribution in [1.82, 2.24) is 4.98 Å². The molecule has 1 aromatic rings. The zero-order valence-corrected chi connectivity index (χ0v) is 9.08. The molecular weight excluding hydrogens is 200 g/mol.